The van der Waals surface area contributed by atoms with Crippen molar-refractivity contribution in [1.29, 1.82) is 0 Å². The molecular weight excluding hydrogens is 170 g/mol. The van der Waals surface area contributed by atoms with Crippen LogP contribution in [0, 0.1) is 0 Å². The van der Waals surface area contributed by atoms with Gasteiger partial charge in [0.1, 0.15) is 0 Å². The van der Waals surface area contributed by atoms with Crippen LogP contribution in [0.25, 0.3) is 11.7 Å². The average molecular weight is 177 g/mol. The van der Waals surface area contributed by atoms with E-state index in [-0.39, 0.29) is 6.54 Å². The van der Waals surface area contributed by atoms with Crippen molar-refractivity contribution in [3.63, 3.8) is 0 Å². The van der Waals surface area contributed by atoms with Gasteiger partial charge in [-0.1, -0.05) is 5.16 Å². The lowest BCUT2D eigenvalue weighted by atomic mass is 10.5. The Morgan fingerprint density at radius 3 is 2.69 bits per heavy atom. The highest BCUT2D eigenvalue weighted by Crippen LogP contribution is 2.09. The van der Waals surface area contributed by atoms with Crippen molar-refractivity contribution in [2.24, 2.45) is 5.73 Å². The van der Waals surface area contributed by atoms with Crippen LogP contribution >= 0.6 is 0 Å². The van der Waals surface area contributed by atoms with Crippen molar-refractivity contribution in [3.8, 4) is 11.7 Å². The normalized spacial score (nSPS) is 10.2. The maximum Gasteiger partial charge on any atom is 0.295 e. The molecule has 0 aliphatic rings. The molecule has 2 aromatic rings. The largest absolute Gasteiger partial charge is 0.330 e. The third-order valence-corrected chi connectivity index (χ3v) is 1.41. The molecule has 0 saturated heterocycles. The topological polar surface area (TPSA) is 90.7 Å². The molecule has 6 heteroatoms. The first-order valence-electron chi connectivity index (χ1n) is 3.70. The van der Waals surface area contributed by atoms with Gasteiger partial charge in [-0.15, -0.1) is 0 Å². The Hall–Kier alpha value is -1.82. The summed E-state index contributed by atoms with van der Waals surface area (Å²) in [7, 11) is 0. The Morgan fingerprint density at radius 2 is 2.08 bits per heavy atom. The van der Waals surface area contributed by atoms with Crippen LogP contribution in [0.3, 0.4) is 0 Å². The fourth-order valence-corrected chi connectivity index (χ4v) is 0.837. The van der Waals surface area contributed by atoms with Gasteiger partial charge in [-0.05, 0) is 6.07 Å². The van der Waals surface area contributed by atoms with E-state index in [4.69, 9.17) is 10.3 Å². The minimum absolute atomic E-state index is 0.246. The zero-order valence-corrected chi connectivity index (χ0v) is 6.71. The highest BCUT2D eigenvalue weighted by molar-refractivity contribution is 5.37. The van der Waals surface area contributed by atoms with Crippen LogP contribution in [0.15, 0.2) is 23.0 Å². The van der Waals surface area contributed by atoms with Gasteiger partial charge in [0.2, 0.25) is 5.82 Å². The van der Waals surface area contributed by atoms with Crippen LogP contribution in [0.1, 0.15) is 5.82 Å². The van der Waals surface area contributed by atoms with Crippen molar-refractivity contribution in [2.75, 3.05) is 0 Å². The Morgan fingerprint density at radius 1 is 1.31 bits per heavy atom. The van der Waals surface area contributed by atoms with Gasteiger partial charge in [0.15, 0.2) is 5.82 Å². The lowest BCUT2D eigenvalue weighted by Crippen LogP contribution is -1.98. The van der Waals surface area contributed by atoms with Crippen LogP contribution in [0.2, 0.25) is 0 Å². The molecule has 0 fully saturated rings. The summed E-state index contributed by atoms with van der Waals surface area (Å²) in [5.74, 6) is 1.15. The van der Waals surface area contributed by atoms with Gasteiger partial charge in [0.05, 0.1) is 6.54 Å². The molecule has 0 saturated carbocycles. The molecule has 2 rings (SSSR count). The monoisotopic (exact) mass is 177 g/mol. The van der Waals surface area contributed by atoms with Crippen LogP contribution in [-0.2, 0) is 6.54 Å². The van der Waals surface area contributed by atoms with Gasteiger partial charge in [-0.3, -0.25) is 0 Å². The molecular formula is C7H7N5O. The molecule has 13 heavy (non-hydrogen) atoms. The summed E-state index contributed by atoms with van der Waals surface area (Å²) < 4.78 is 4.88. The summed E-state index contributed by atoms with van der Waals surface area (Å²) in [5, 5.41) is 3.62. The third kappa shape index (κ3) is 1.52. The molecule has 0 bridgehead atoms. The van der Waals surface area contributed by atoms with Crippen molar-refractivity contribution in [3.05, 3.63) is 24.3 Å². The van der Waals surface area contributed by atoms with Crippen LogP contribution in [0.4, 0.5) is 0 Å². The van der Waals surface area contributed by atoms with Crippen LogP contribution < -0.4 is 5.73 Å². The van der Waals surface area contributed by atoms with Crippen molar-refractivity contribution in [1.82, 2.24) is 20.1 Å². The SMILES string of the molecule is NCc1noc(-c2ncccn2)n1. The summed E-state index contributed by atoms with van der Waals surface area (Å²) in [6, 6.07) is 1.71. The summed E-state index contributed by atoms with van der Waals surface area (Å²) >= 11 is 0. The lowest BCUT2D eigenvalue weighted by molar-refractivity contribution is 0.420. The highest BCUT2D eigenvalue weighted by Gasteiger charge is 2.08. The fraction of sp³-hybridized carbons (Fsp3) is 0.143. The number of nitrogens with zero attached hydrogens (tertiary/aromatic N) is 4. The first-order valence-corrected chi connectivity index (χ1v) is 3.70. The Bertz CT molecular complexity index is 385. The summed E-state index contributed by atoms with van der Waals surface area (Å²) in [5.41, 5.74) is 5.32. The average Bonchev–Trinajstić information content (AvgIpc) is 2.67. The molecule has 66 valence electrons. The number of rotatable bonds is 2. The molecule has 0 atom stereocenters. The Labute approximate surface area is 73.8 Å². The number of hydrogen-bond acceptors (Lipinski definition) is 6. The second kappa shape index (κ2) is 3.28. The van der Waals surface area contributed by atoms with E-state index >= 15 is 0 Å². The van der Waals surface area contributed by atoms with Gasteiger partial charge in [0.25, 0.3) is 5.89 Å². The minimum Gasteiger partial charge on any atom is -0.330 e. The maximum atomic E-state index is 5.32. The number of aromatic nitrogens is 4. The van der Waals surface area contributed by atoms with Crippen molar-refractivity contribution < 1.29 is 4.52 Å². The van der Waals surface area contributed by atoms with Gasteiger partial charge in [-0.2, -0.15) is 4.98 Å². The zero-order chi connectivity index (χ0) is 9.10. The van der Waals surface area contributed by atoms with Crippen molar-refractivity contribution in [2.45, 2.75) is 6.54 Å². The molecule has 0 radical (unpaired) electrons. The summed E-state index contributed by atoms with van der Waals surface area (Å²) in [4.78, 5) is 11.9. The highest BCUT2D eigenvalue weighted by atomic mass is 16.5. The number of hydrogen-bond donors (Lipinski definition) is 1. The molecule has 0 spiro atoms. The first kappa shape index (κ1) is 7.81. The van der Waals surface area contributed by atoms with Crippen LogP contribution in [-0.4, -0.2) is 20.1 Å². The predicted molar refractivity (Wildman–Crippen MR) is 43.2 cm³/mol. The molecule has 0 amide bonds. The van der Waals surface area contributed by atoms with E-state index in [9.17, 15) is 0 Å². The minimum atomic E-state index is 0.246. The molecule has 0 aromatic carbocycles. The lowest BCUT2D eigenvalue weighted by Gasteiger charge is -1.87. The summed E-state index contributed by atoms with van der Waals surface area (Å²) in [6.45, 7) is 0.246. The van der Waals surface area contributed by atoms with E-state index < -0.39 is 0 Å². The third-order valence-electron chi connectivity index (χ3n) is 1.41. The van der Waals surface area contributed by atoms with Crippen LogP contribution in [0.5, 0.6) is 0 Å². The maximum absolute atomic E-state index is 5.32. The van der Waals surface area contributed by atoms with E-state index in [1.807, 2.05) is 0 Å². The second-order valence-corrected chi connectivity index (χ2v) is 2.29. The molecule has 0 aliphatic heterocycles. The first-order chi connectivity index (χ1) is 6.40. The molecule has 6 nitrogen and oxygen atoms in total. The van der Waals surface area contributed by atoms with E-state index in [1.165, 1.54) is 0 Å². The molecule has 2 aromatic heterocycles. The van der Waals surface area contributed by atoms with E-state index in [1.54, 1.807) is 18.5 Å². The van der Waals surface area contributed by atoms with Gasteiger partial charge >= 0.3 is 0 Å². The Kier molecular flexibility index (Phi) is 1.97. The van der Waals surface area contributed by atoms with Crippen molar-refractivity contribution >= 4 is 0 Å². The zero-order valence-electron chi connectivity index (χ0n) is 6.71. The summed E-state index contributed by atoms with van der Waals surface area (Å²) in [6.07, 6.45) is 3.21. The van der Waals surface area contributed by atoms with Gasteiger partial charge < -0.3 is 10.3 Å². The van der Waals surface area contributed by atoms with Gasteiger partial charge in [0, 0.05) is 12.4 Å². The van der Waals surface area contributed by atoms with E-state index in [0.29, 0.717) is 17.5 Å². The second-order valence-electron chi connectivity index (χ2n) is 2.29. The van der Waals surface area contributed by atoms with E-state index in [2.05, 4.69) is 20.1 Å². The predicted octanol–water partition coefficient (Wildman–Crippen LogP) is -0.0147. The molecule has 0 unspecified atom stereocenters. The fourth-order valence-electron chi connectivity index (χ4n) is 0.837. The number of nitrogens with two attached hydrogens (primary N) is 1. The molecule has 0 aliphatic carbocycles. The molecule has 2 heterocycles. The standard InChI is InChI=1S/C7H7N5O/c8-4-5-11-7(13-12-5)6-9-2-1-3-10-6/h1-3H,4,8H2. The Balaban J connectivity index is 2.36. The van der Waals surface area contributed by atoms with Gasteiger partial charge in [-0.25, -0.2) is 9.97 Å². The smallest absolute Gasteiger partial charge is 0.295 e. The van der Waals surface area contributed by atoms with E-state index in [0.717, 1.165) is 0 Å². The molecule has 2 N–H and O–H groups in total. The quantitative estimate of drug-likeness (QED) is 0.693.